The Balaban J connectivity index is 1.31. The van der Waals surface area contributed by atoms with Crippen molar-refractivity contribution >= 4 is 28.3 Å². The van der Waals surface area contributed by atoms with Gasteiger partial charge in [-0.2, -0.15) is 0 Å². The van der Waals surface area contributed by atoms with Crippen LogP contribution in [0.4, 0.5) is 5.13 Å². The molecule has 1 amide bonds. The standard InChI is InChI=1S/C25H25N3O3S/c29-23(30)15-8-17-6-9-19(10-7-17)20-11-13-21(14-12-20)24(31)26-25-28-27-22(32-25)16-18-4-2-1-3-5-18/h1-5,8,11-15,17,19H,6-7,9-10,16H2,(H,29,30)(H,26,28,31). The molecule has 164 valence electrons. The van der Waals surface area contributed by atoms with Gasteiger partial charge in [0.2, 0.25) is 5.13 Å². The second-order valence-electron chi connectivity index (χ2n) is 8.05. The molecule has 2 aromatic carbocycles. The van der Waals surface area contributed by atoms with E-state index in [-0.39, 0.29) is 5.91 Å². The highest BCUT2D eigenvalue weighted by molar-refractivity contribution is 7.15. The number of carbonyl (C=O) groups excluding carboxylic acids is 1. The van der Waals surface area contributed by atoms with E-state index in [0.29, 0.717) is 29.0 Å². The summed E-state index contributed by atoms with van der Waals surface area (Å²) in [7, 11) is 0. The molecule has 0 saturated heterocycles. The Labute approximate surface area is 191 Å². The number of nitrogens with zero attached hydrogens (tertiary/aromatic N) is 2. The zero-order valence-electron chi connectivity index (χ0n) is 17.6. The predicted molar refractivity (Wildman–Crippen MR) is 125 cm³/mol. The van der Waals surface area contributed by atoms with Crippen LogP contribution in [0.25, 0.3) is 0 Å². The zero-order chi connectivity index (χ0) is 22.3. The number of aromatic nitrogens is 2. The molecule has 3 aromatic rings. The summed E-state index contributed by atoms with van der Waals surface area (Å²) in [5.41, 5.74) is 2.97. The van der Waals surface area contributed by atoms with Crippen molar-refractivity contribution in [2.75, 3.05) is 5.32 Å². The van der Waals surface area contributed by atoms with Crippen molar-refractivity contribution in [1.82, 2.24) is 10.2 Å². The summed E-state index contributed by atoms with van der Waals surface area (Å²) in [6.45, 7) is 0. The topological polar surface area (TPSA) is 92.2 Å². The maximum atomic E-state index is 12.6. The molecule has 1 aliphatic carbocycles. The van der Waals surface area contributed by atoms with Gasteiger partial charge in [0.05, 0.1) is 0 Å². The van der Waals surface area contributed by atoms with Crippen LogP contribution in [0.15, 0.2) is 66.7 Å². The van der Waals surface area contributed by atoms with Gasteiger partial charge >= 0.3 is 5.97 Å². The second kappa shape index (κ2) is 10.3. The van der Waals surface area contributed by atoms with Gasteiger partial charge in [0, 0.05) is 18.1 Å². The number of hydrogen-bond donors (Lipinski definition) is 2. The number of carboxylic acids is 1. The number of benzene rings is 2. The fourth-order valence-electron chi connectivity index (χ4n) is 4.09. The lowest BCUT2D eigenvalue weighted by Gasteiger charge is -2.27. The molecule has 0 atom stereocenters. The molecule has 32 heavy (non-hydrogen) atoms. The highest BCUT2D eigenvalue weighted by Crippen LogP contribution is 2.36. The molecule has 6 nitrogen and oxygen atoms in total. The summed E-state index contributed by atoms with van der Waals surface area (Å²) in [6.07, 6.45) is 7.77. The summed E-state index contributed by atoms with van der Waals surface area (Å²) >= 11 is 1.39. The number of anilines is 1. The summed E-state index contributed by atoms with van der Waals surface area (Å²) < 4.78 is 0. The van der Waals surface area contributed by atoms with Gasteiger partial charge in [-0.1, -0.05) is 59.9 Å². The predicted octanol–water partition coefficient (Wildman–Crippen LogP) is 5.30. The van der Waals surface area contributed by atoms with Crippen LogP contribution >= 0.6 is 11.3 Å². The molecule has 0 aliphatic heterocycles. The first-order chi connectivity index (χ1) is 15.6. The van der Waals surface area contributed by atoms with Crippen LogP contribution < -0.4 is 5.32 Å². The van der Waals surface area contributed by atoms with E-state index in [2.05, 4.69) is 15.5 Å². The maximum absolute atomic E-state index is 12.6. The molecule has 1 saturated carbocycles. The average molecular weight is 448 g/mol. The normalized spacial score (nSPS) is 18.5. The minimum atomic E-state index is -0.887. The Morgan fingerprint density at radius 1 is 1.00 bits per heavy atom. The number of aliphatic carboxylic acids is 1. The van der Waals surface area contributed by atoms with Crippen LogP contribution in [0.5, 0.6) is 0 Å². The van der Waals surface area contributed by atoms with E-state index in [1.54, 1.807) is 0 Å². The van der Waals surface area contributed by atoms with E-state index >= 15 is 0 Å². The fourth-order valence-corrected chi connectivity index (χ4v) is 4.85. The Hall–Kier alpha value is -3.32. The summed E-state index contributed by atoms with van der Waals surface area (Å²) in [5.74, 6) is -0.292. The molecular formula is C25H25N3O3S. The minimum absolute atomic E-state index is 0.193. The van der Waals surface area contributed by atoms with Crippen LogP contribution in [0.1, 0.15) is 58.1 Å². The number of amides is 1. The number of carboxylic acid groups (broad SMARTS) is 1. The van der Waals surface area contributed by atoms with Crippen LogP contribution in [-0.2, 0) is 11.2 Å². The number of hydrogen-bond acceptors (Lipinski definition) is 5. The molecular weight excluding hydrogens is 422 g/mol. The van der Waals surface area contributed by atoms with Gasteiger partial charge in [-0.25, -0.2) is 4.79 Å². The lowest BCUT2D eigenvalue weighted by molar-refractivity contribution is -0.131. The minimum Gasteiger partial charge on any atom is -0.478 e. The van der Waals surface area contributed by atoms with Crippen molar-refractivity contribution in [2.45, 2.75) is 38.0 Å². The summed E-state index contributed by atoms with van der Waals surface area (Å²) in [5, 5.41) is 21.2. The first kappa shape index (κ1) is 21.9. The second-order valence-corrected chi connectivity index (χ2v) is 9.11. The molecule has 1 aromatic heterocycles. The highest BCUT2D eigenvalue weighted by Gasteiger charge is 2.21. The largest absolute Gasteiger partial charge is 0.478 e. The van der Waals surface area contributed by atoms with Crippen molar-refractivity contribution in [1.29, 1.82) is 0 Å². The summed E-state index contributed by atoms with van der Waals surface area (Å²) in [4.78, 5) is 23.3. The van der Waals surface area contributed by atoms with Gasteiger partial charge in [-0.05, 0) is 60.8 Å². The van der Waals surface area contributed by atoms with Crippen molar-refractivity contribution < 1.29 is 14.7 Å². The molecule has 0 unspecified atom stereocenters. The number of rotatable bonds is 7. The third kappa shape index (κ3) is 5.88. The maximum Gasteiger partial charge on any atom is 0.327 e. The Bertz CT molecular complexity index is 1090. The van der Waals surface area contributed by atoms with E-state index in [9.17, 15) is 9.59 Å². The molecule has 1 aliphatic rings. The zero-order valence-corrected chi connectivity index (χ0v) is 18.4. The van der Waals surface area contributed by atoms with E-state index < -0.39 is 5.97 Å². The van der Waals surface area contributed by atoms with Gasteiger partial charge < -0.3 is 5.11 Å². The summed E-state index contributed by atoms with van der Waals surface area (Å²) in [6, 6.07) is 17.8. The van der Waals surface area contributed by atoms with Gasteiger partial charge in [0.1, 0.15) is 5.01 Å². The van der Waals surface area contributed by atoms with Gasteiger partial charge in [-0.3, -0.25) is 10.1 Å². The Kier molecular flexibility index (Phi) is 7.07. The van der Waals surface area contributed by atoms with Gasteiger partial charge in [0.25, 0.3) is 5.91 Å². The Morgan fingerprint density at radius 3 is 2.41 bits per heavy atom. The average Bonchev–Trinajstić information content (AvgIpc) is 3.25. The third-order valence-corrected chi connectivity index (χ3v) is 6.65. The number of carbonyl (C=O) groups is 2. The Morgan fingerprint density at radius 2 is 1.72 bits per heavy atom. The van der Waals surface area contributed by atoms with Crippen molar-refractivity contribution in [2.24, 2.45) is 5.92 Å². The smallest absolute Gasteiger partial charge is 0.327 e. The van der Waals surface area contributed by atoms with Crippen LogP contribution in [0.3, 0.4) is 0 Å². The van der Waals surface area contributed by atoms with Crippen LogP contribution in [0, 0.1) is 5.92 Å². The molecule has 1 fully saturated rings. The van der Waals surface area contributed by atoms with Gasteiger partial charge in [0.15, 0.2) is 0 Å². The lowest BCUT2D eigenvalue weighted by Crippen LogP contribution is -2.14. The molecule has 2 N–H and O–H groups in total. The molecule has 0 radical (unpaired) electrons. The van der Waals surface area contributed by atoms with Crippen LogP contribution in [-0.4, -0.2) is 27.2 Å². The quantitative estimate of drug-likeness (QED) is 0.480. The van der Waals surface area contributed by atoms with E-state index in [0.717, 1.165) is 36.3 Å². The highest BCUT2D eigenvalue weighted by atomic mass is 32.1. The lowest BCUT2D eigenvalue weighted by atomic mass is 9.78. The van der Waals surface area contributed by atoms with Crippen molar-refractivity contribution in [3.63, 3.8) is 0 Å². The van der Waals surface area contributed by atoms with Crippen molar-refractivity contribution in [3.05, 3.63) is 88.4 Å². The first-order valence-electron chi connectivity index (χ1n) is 10.8. The van der Waals surface area contributed by atoms with Gasteiger partial charge in [-0.15, -0.1) is 10.2 Å². The molecule has 4 rings (SSSR count). The number of allylic oxidation sites excluding steroid dienone is 1. The third-order valence-electron chi connectivity index (χ3n) is 5.81. The fraction of sp³-hybridized carbons (Fsp3) is 0.280. The monoisotopic (exact) mass is 447 g/mol. The molecule has 0 bridgehead atoms. The van der Waals surface area contributed by atoms with Crippen LogP contribution in [0.2, 0.25) is 0 Å². The van der Waals surface area contributed by atoms with E-state index in [1.165, 1.54) is 23.0 Å². The number of nitrogens with one attached hydrogen (secondary N) is 1. The SMILES string of the molecule is O=C(O)C=CC1CCC(c2ccc(C(=O)Nc3nnc(Cc4ccccc4)s3)cc2)CC1. The first-order valence-corrected chi connectivity index (χ1v) is 11.6. The van der Waals surface area contributed by atoms with E-state index in [1.807, 2.05) is 60.7 Å². The molecule has 1 heterocycles. The van der Waals surface area contributed by atoms with Crippen molar-refractivity contribution in [3.8, 4) is 0 Å². The molecule has 7 heteroatoms. The molecule has 0 spiro atoms. The van der Waals surface area contributed by atoms with E-state index in [4.69, 9.17) is 5.11 Å².